The third-order valence-corrected chi connectivity index (χ3v) is 2.83. The lowest BCUT2D eigenvalue weighted by atomic mass is 9.85. The monoisotopic (exact) mass is 255 g/mol. The van der Waals surface area contributed by atoms with Crippen LogP contribution >= 0.6 is 11.6 Å². The van der Waals surface area contributed by atoms with Crippen molar-refractivity contribution in [2.45, 2.75) is 13.3 Å². The van der Waals surface area contributed by atoms with E-state index >= 15 is 0 Å². The molecular formula is C12H11ClFNO2. The van der Waals surface area contributed by atoms with Gasteiger partial charge in [-0.05, 0) is 19.1 Å². The van der Waals surface area contributed by atoms with Crippen molar-refractivity contribution in [3.05, 3.63) is 34.6 Å². The molecule has 1 rings (SSSR count). The molecule has 0 amide bonds. The average Bonchev–Trinajstić information content (AvgIpc) is 2.32. The first kappa shape index (κ1) is 13.5. The van der Waals surface area contributed by atoms with Gasteiger partial charge in [0.2, 0.25) is 0 Å². The Morgan fingerprint density at radius 1 is 1.65 bits per heavy atom. The molecule has 0 aromatic heterocycles. The summed E-state index contributed by atoms with van der Waals surface area (Å²) in [4.78, 5) is 11.5. The Bertz CT molecular complexity index is 464. The van der Waals surface area contributed by atoms with Gasteiger partial charge >= 0.3 is 5.97 Å². The Morgan fingerprint density at radius 2 is 2.29 bits per heavy atom. The Kier molecular flexibility index (Phi) is 4.08. The highest BCUT2D eigenvalue weighted by atomic mass is 35.5. The second-order valence-electron chi connectivity index (χ2n) is 3.81. The van der Waals surface area contributed by atoms with Crippen LogP contribution in [-0.2, 0) is 16.0 Å². The third-order valence-electron chi connectivity index (χ3n) is 2.47. The average molecular weight is 256 g/mol. The number of halogens is 2. The number of esters is 1. The van der Waals surface area contributed by atoms with Gasteiger partial charge in [0.25, 0.3) is 0 Å². The highest BCUT2D eigenvalue weighted by Crippen LogP contribution is 2.29. The highest BCUT2D eigenvalue weighted by Gasteiger charge is 2.36. The predicted molar refractivity (Wildman–Crippen MR) is 60.9 cm³/mol. The molecule has 1 aromatic rings. The van der Waals surface area contributed by atoms with Gasteiger partial charge in [-0.15, -0.1) is 0 Å². The summed E-state index contributed by atoms with van der Waals surface area (Å²) in [5, 5.41) is 9.20. The molecule has 0 bridgehead atoms. The van der Waals surface area contributed by atoms with Gasteiger partial charge in [0.1, 0.15) is 5.82 Å². The summed E-state index contributed by atoms with van der Waals surface area (Å²) < 4.78 is 18.1. The van der Waals surface area contributed by atoms with Gasteiger partial charge in [-0.25, -0.2) is 4.39 Å². The lowest BCUT2D eigenvalue weighted by Crippen LogP contribution is -2.30. The normalized spacial score (nSPS) is 13.6. The van der Waals surface area contributed by atoms with E-state index in [0.717, 1.165) is 0 Å². The van der Waals surface area contributed by atoms with Gasteiger partial charge < -0.3 is 4.74 Å². The third kappa shape index (κ3) is 2.75. The Balaban J connectivity index is 3.13. The maximum atomic E-state index is 13.5. The fourth-order valence-corrected chi connectivity index (χ4v) is 1.67. The van der Waals surface area contributed by atoms with Crippen molar-refractivity contribution in [3.63, 3.8) is 0 Å². The number of hydrogen-bond acceptors (Lipinski definition) is 3. The van der Waals surface area contributed by atoms with Crippen molar-refractivity contribution in [1.29, 1.82) is 5.26 Å². The van der Waals surface area contributed by atoms with Crippen LogP contribution < -0.4 is 0 Å². The minimum Gasteiger partial charge on any atom is -0.468 e. The van der Waals surface area contributed by atoms with Gasteiger partial charge in [-0.1, -0.05) is 17.7 Å². The van der Waals surface area contributed by atoms with E-state index < -0.39 is 17.2 Å². The molecule has 0 aliphatic heterocycles. The molecule has 5 heteroatoms. The fourth-order valence-electron chi connectivity index (χ4n) is 1.44. The Labute approximate surface area is 104 Å². The SMILES string of the molecule is COC(=O)[C@](C)(C#N)Cc1c(F)cccc1Cl. The van der Waals surface area contributed by atoms with Crippen LogP contribution in [0.3, 0.4) is 0 Å². The van der Waals surface area contributed by atoms with Crippen molar-refractivity contribution < 1.29 is 13.9 Å². The van der Waals surface area contributed by atoms with Gasteiger partial charge in [-0.2, -0.15) is 5.26 Å². The molecule has 0 N–H and O–H groups in total. The topological polar surface area (TPSA) is 50.1 Å². The quantitative estimate of drug-likeness (QED) is 0.781. The molecule has 0 radical (unpaired) electrons. The molecule has 90 valence electrons. The summed E-state index contributed by atoms with van der Waals surface area (Å²) in [6.07, 6.45) is -0.123. The number of carbonyl (C=O) groups excluding carboxylic acids is 1. The number of carbonyl (C=O) groups is 1. The van der Waals surface area contributed by atoms with E-state index in [0.29, 0.717) is 0 Å². The van der Waals surface area contributed by atoms with Crippen LogP contribution in [0, 0.1) is 22.6 Å². The summed E-state index contributed by atoms with van der Waals surface area (Å²) in [6, 6.07) is 6.03. The summed E-state index contributed by atoms with van der Waals surface area (Å²) in [5.74, 6) is -1.25. The zero-order valence-corrected chi connectivity index (χ0v) is 10.2. The lowest BCUT2D eigenvalue weighted by molar-refractivity contribution is -0.148. The molecule has 0 spiro atoms. The number of rotatable bonds is 3. The van der Waals surface area contributed by atoms with Gasteiger partial charge in [0.05, 0.1) is 13.2 Å². The summed E-state index contributed by atoms with van der Waals surface area (Å²) >= 11 is 5.84. The van der Waals surface area contributed by atoms with Crippen molar-refractivity contribution in [1.82, 2.24) is 0 Å². The van der Waals surface area contributed by atoms with E-state index in [1.807, 2.05) is 6.07 Å². The lowest BCUT2D eigenvalue weighted by Gasteiger charge is -2.19. The molecular weight excluding hydrogens is 245 g/mol. The summed E-state index contributed by atoms with van der Waals surface area (Å²) in [6.45, 7) is 1.39. The molecule has 1 atom stereocenters. The van der Waals surface area contributed by atoms with Gasteiger partial charge in [0, 0.05) is 17.0 Å². The van der Waals surface area contributed by atoms with Crippen LogP contribution in [0.15, 0.2) is 18.2 Å². The van der Waals surface area contributed by atoms with Crippen molar-refractivity contribution in [3.8, 4) is 6.07 Å². The molecule has 1 aromatic carbocycles. The zero-order chi connectivity index (χ0) is 13.1. The number of nitriles is 1. The van der Waals surface area contributed by atoms with Crippen molar-refractivity contribution in [2.24, 2.45) is 5.41 Å². The summed E-state index contributed by atoms with van der Waals surface area (Å²) in [7, 11) is 1.18. The number of nitrogens with zero attached hydrogens (tertiary/aromatic N) is 1. The number of methoxy groups -OCH3 is 1. The smallest absolute Gasteiger partial charge is 0.326 e. The predicted octanol–water partition coefficient (Wildman–Crippen LogP) is 2.72. The number of ether oxygens (including phenoxy) is 1. The van der Waals surface area contributed by atoms with E-state index in [9.17, 15) is 9.18 Å². The van der Waals surface area contributed by atoms with Gasteiger partial charge in [0.15, 0.2) is 5.41 Å². The molecule has 0 saturated carbocycles. The Morgan fingerprint density at radius 3 is 2.76 bits per heavy atom. The van der Waals surface area contributed by atoms with E-state index in [-0.39, 0.29) is 17.0 Å². The van der Waals surface area contributed by atoms with Crippen LogP contribution in [0.4, 0.5) is 4.39 Å². The standard InChI is InChI=1S/C12H11ClFNO2/c1-12(7-15,11(16)17-2)6-8-9(13)4-3-5-10(8)14/h3-5H,6H2,1-2H3/t12-/m0/s1. The second-order valence-corrected chi connectivity index (χ2v) is 4.22. The van der Waals surface area contributed by atoms with Crippen molar-refractivity contribution >= 4 is 17.6 Å². The Hall–Kier alpha value is -1.60. The zero-order valence-electron chi connectivity index (χ0n) is 9.46. The van der Waals surface area contributed by atoms with Crippen LogP contribution in [0.5, 0.6) is 0 Å². The number of hydrogen-bond donors (Lipinski definition) is 0. The van der Waals surface area contributed by atoms with Crippen molar-refractivity contribution in [2.75, 3.05) is 7.11 Å². The molecule has 0 unspecified atom stereocenters. The minimum absolute atomic E-state index is 0.123. The maximum Gasteiger partial charge on any atom is 0.326 e. The molecule has 17 heavy (non-hydrogen) atoms. The molecule has 0 heterocycles. The largest absolute Gasteiger partial charge is 0.468 e. The molecule has 0 fully saturated rings. The van der Waals surface area contributed by atoms with Crippen LogP contribution in [0.25, 0.3) is 0 Å². The van der Waals surface area contributed by atoms with E-state index in [4.69, 9.17) is 16.9 Å². The molecule has 0 saturated heterocycles. The van der Waals surface area contributed by atoms with E-state index in [2.05, 4.69) is 4.74 Å². The summed E-state index contributed by atoms with van der Waals surface area (Å²) in [5.41, 5.74) is -1.30. The first-order valence-corrected chi connectivity index (χ1v) is 5.25. The highest BCUT2D eigenvalue weighted by molar-refractivity contribution is 6.31. The van der Waals surface area contributed by atoms with E-state index in [1.54, 1.807) is 0 Å². The van der Waals surface area contributed by atoms with E-state index in [1.165, 1.54) is 32.2 Å². The van der Waals surface area contributed by atoms with Gasteiger partial charge in [-0.3, -0.25) is 4.79 Å². The molecule has 0 aliphatic rings. The first-order valence-electron chi connectivity index (χ1n) is 4.87. The molecule has 3 nitrogen and oxygen atoms in total. The minimum atomic E-state index is -1.44. The number of benzene rings is 1. The van der Waals surface area contributed by atoms with Crippen LogP contribution in [-0.4, -0.2) is 13.1 Å². The molecule has 0 aliphatic carbocycles. The fraction of sp³-hybridized carbons (Fsp3) is 0.333. The van der Waals surface area contributed by atoms with Crippen LogP contribution in [0.2, 0.25) is 5.02 Å². The van der Waals surface area contributed by atoms with Crippen LogP contribution in [0.1, 0.15) is 12.5 Å². The first-order chi connectivity index (χ1) is 7.94. The maximum absolute atomic E-state index is 13.5. The second kappa shape index (κ2) is 5.15.